The zero-order valence-electron chi connectivity index (χ0n) is 17.4. The van der Waals surface area contributed by atoms with Gasteiger partial charge in [0.2, 0.25) is 5.91 Å². The monoisotopic (exact) mass is 407 g/mol. The van der Waals surface area contributed by atoms with Gasteiger partial charge in [0.25, 0.3) is 5.56 Å². The lowest BCUT2D eigenvalue weighted by atomic mass is 9.87. The van der Waals surface area contributed by atoms with Crippen molar-refractivity contribution in [3.63, 3.8) is 0 Å². The molecule has 1 saturated carbocycles. The first-order valence-corrected chi connectivity index (χ1v) is 10.6. The van der Waals surface area contributed by atoms with Crippen molar-refractivity contribution in [2.24, 2.45) is 11.8 Å². The number of aromatic nitrogens is 2. The number of amides is 1. The Bertz CT molecular complexity index is 982. The van der Waals surface area contributed by atoms with Crippen molar-refractivity contribution in [2.75, 3.05) is 30.8 Å². The normalized spacial score (nSPS) is 19.8. The lowest BCUT2D eigenvalue weighted by Gasteiger charge is -2.37. The van der Waals surface area contributed by atoms with Crippen LogP contribution in [0.4, 0.5) is 11.5 Å². The van der Waals surface area contributed by atoms with E-state index in [1.54, 1.807) is 12.4 Å². The summed E-state index contributed by atoms with van der Waals surface area (Å²) in [5.41, 5.74) is 2.37. The third-order valence-electron chi connectivity index (χ3n) is 6.16. The van der Waals surface area contributed by atoms with E-state index in [4.69, 9.17) is 0 Å². The highest BCUT2D eigenvalue weighted by Gasteiger charge is 2.39. The molecule has 1 aliphatic heterocycles. The minimum Gasteiger partial charge on any atom is -0.377 e. The van der Waals surface area contributed by atoms with Crippen molar-refractivity contribution in [3.8, 4) is 11.1 Å². The van der Waals surface area contributed by atoms with Gasteiger partial charge in [-0.05, 0) is 67.4 Å². The molecule has 1 saturated heterocycles. The van der Waals surface area contributed by atoms with E-state index in [0.29, 0.717) is 24.1 Å². The Balaban J connectivity index is 1.57. The van der Waals surface area contributed by atoms with Crippen LogP contribution in [0.3, 0.4) is 0 Å². The highest BCUT2D eigenvalue weighted by Crippen LogP contribution is 2.40. The van der Waals surface area contributed by atoms with Crippen molar-refractivity contribution >= 4 is 17.4 Å². The Kier molecular flexibility index (Phi) is 5.88. The zero-order valence-corrected chi connectivity index (χ0v) is 17.4. The van der Waals surface area contributed by atoms with E-state index in [9.17, 15) is 9.59 Å². The van der Waals surface area contributed by atoms with Crippen molar-refractivity contribution < 1.29 is 4.79 Å². The smallest absolute Gasteiger partial charge is 0.271 e. The second-order valence-corrected chi connectivity index (χ2v) is 8.21. The molecule has 7 nitrogen and oxygen atoms in total. The van der Waals surface area contributed by atoms with Crippen LogP contribution in [-0.2, 0) is 4.79 Å². The van der Waals surface area contributed by atoms with Crippen LogP contribution in [0, 0.1) is 11.8 Å². The molecular formula is C23H29N5O2. The van der Waals surface area contributed by atoms with E-state index in [1.165, 1.54) is 6.08 Å². The number of aromatic amines is 1. The summed E-state index contributed by atoms with van der Waals surface area (Å²) in [5, 5.41) is 6.60. The van der Waals surface area contributed by atoms with Gasteiger partial charge < -0.3 is 20.5 Å². The topological polar surface area (TPSA) is 90.1 Å². The van der Waals surface area contributed by atoms with Crippen LogP contribution in [0.2, 0.25) is 0 Å². The quantitative estimate of drug-likeness (QED) is 0.614. The molecule has 2 atom stereocenters. The number of hydrogen-bond donors (Lipinski definition) is 3. The Hall–Kier alpha value is -3.09. The van der Waals surface area contributed by atoms with Crippen molar-refractivity contribution in [2.45, 2.75) is 31.7 Å². The summed E-state index contributed by atoms with van der Waals surface area (Å²) in [7, 11) is 1.83. The molecule has 0 spiro atoms. The van der Waals surface area contributed by atoms with Gasteiger partial charge in [-0.15, -0.1) is 0 Å². The van der Waals surface area contributed by atoms with E-state index in [2.05, 4.69) is 27.2 Å². The van der Waals surface area contributed by atoms with E-state index < -0.39 is 0 Å². The van der Waals surface area contributed by atoms with E-state index in [-0.39, 0.29) is 17.5 Å². The van der Waals surface area contributed by atoms with Crippen molar-refractivity contribution in [1.82, 2.24) is 14.9 Å². The Morgan fingerprint density at radius 2 is 2.13 bits per heavy atom. The number of likely N-dealkylation sites (tertiary alicyclic amines) is 1. The molecule has 2 fully saturated rings. The lowest BCUT2D eigenvalue weighted by molar-refractivity contribution is -0.127. The molecule has 0 aromatic carbocycles. The highest BCUT2D eigenvalue weighted by atomic mass is 16.2. The number of carbonyl (C=O) groups excluding carboxylic acids is 1. The molecule has 1 amide bonds. The number of nitrogens with one attached hydrogen (secondary N) is 3. The standard InChI is InChI=1S/C23H29N5O2/c1-3-21(29)28-10-4-5-17(14-28)22(15-6-7-15)27-19-11-18(13-26-23(19)30)16-8-9-25-20(12-16)24-2/h3,8-9,11-13,15,17,22,27H,1,4-7,10,14H2,2H3,(H,24,25)(H,26,30)/t17?,22-/m0/s1. The molecule has 3 heterocycles. The first-order chi connectivity index (χ1) is 14.6. The van der Waals surface area contributed by atoms with Gasteiger partial charge in [0, 0.05) is 44.1 Å². The Morgan fingerprint density at radius 3 is 2.87 bits per heavy atom. The van der Waals surface area contributed by atoms with Gasteiger partial charge in [0.15, 0.2) is 0 Å². The fraction of sp³-hybridized carbons (Fsp3) is 0.435. The number of pyridine rings is 2. The van der Waals surface area contributed by atoms with Crippen LogP contribution >= 0.6 is 0 Å². The zero-order chi connectivity index (χ0) is 21.1. The fourth-order valence-electron chi connectivity index (χ4n) is 4.39. The predicted molar refractivity (Wildman–Crippen MR) is 119 cm³/mol. The van der Waals surface area contributed by atoms with Crippen LogP contribution in [0.5, 0.6) is 0 Å². The van der Waals surface area contributed by atoms with E-state index in [1.807, 2.05) is 30.1 Å². The second-order valence-electron chi connectivity index (χ2n) is 8.21. The minimum atomic E-state index is -0.123. The SMILES string of the molecule is C=CC(=O)N1CCCC([C@@H](Nc2cc(-c3ccnc(NC)c3)c[nH]c2=O)C2CC2)C1. The number of anilines is 2. The lowest BCUT2D eigenvalue weighted by Crippen LogP contribution is -2.46. The van der Waals surface area contributed by atoms with Crippen LogP contribution in [0.25, 0.3) is 11.1 Å². The molecule has 0 bridgehead atoms. The summed E-state index contributed by atoms with van der Waals surface area (Å²) in [4.78, 5) is 33.7. The maximum absolute atomic E-state index is 12.6. The summed E-state index contributed by atoms with van der Waals surface area (Å²) >= 11 is 0. The Labute approximate surface area is 176 Å². The van der Waals surface area contributed by atoms with Gasteiger partial charge in [-0.2, -0.15) is 0 Å². The summed E-state index contributed by atoms with van der Waals surface area (Å²) in [6.07, 6.45) is 9.25. The maximum Gasteiger partial charge on any atom is 0.271 e. The summed E-state index contributed by atoms with van der Waals surface area (Å²) in [6, 6.07) is 5.98. The molecule has 2 aromatic heterocycles. The van der Waals surface area contributed by atoms with Gasteiger partial charge in [-0.25, -0.2) is 4.98 Å². The van der Waals surface area contributed by atoms with Crippen LogP contribution in [0.15, 0.2) is 48.0 Å². The third kappa shape index (κ3) is 4.40. The highest BCUT2D eigenvalue weighted by molar-refractivity contribution is 5.87. The van der Waals surface area contributed by atoms with Gasteiger partial charge in [0.05, 0.1) is 0 Å². The van der Waals surface area contributed by atoms with Crippen LogP contribution in [0.1, 0.15) is 25.7 Å². The second kappa shape index (κ2) is 8.73. The summed E-state index contributed by atoms with van der Waals surface area (Å²) in [5.74, 6) is 1.65. The molecule has 1 aliphatic carbocycles. The first-order valence-electron chi connectivity index (χ1n) is 10.6. The molecule has 0 radical (unpaired) electrons. The van der Waals surface area contributed by atoms with E-state index in [0.717, 1.165) is 49.2 Å². The molecule has 2 aliphatic rings. The van der Waals surface area contributed by atoms with Gasteiger partial charge >= 0.3 is 0 Å². The van der Waals surface area contributed by atoms with Crippen LogP contribution in [-0.4, -0.2) is 47.0 Å². The van der Waals surface area contributed by atoms with Gasteiger partial charge in [0.1, 0.15) is 11.5 Å². The Morgan fingerprint density at radius 1 is 1.30 bits per heavy atom. The number of piperidine rings is 1. The summed E-state index contributed by atoms with van der Waals surface area (Å²) < 4.78 is 0. The molecule has 4 rings (SSSR count). The average Bonchev–Trinajstić information content (AvgIpc) is 3.63. The molecule has 7 heteroatoms. The maximum atomic E-state index is 12.6. The molecule has 3 N–H and O–H groups in total. The largest absolute Gasteiger partial charge is 0.377 e. The third-order valence-corrected chi connectivity index (χ3v) is 6.16. The number of nitrogens with zero attached hydrogens (tertiary/aromatic N) is 2. The molecule has 1 unspecified atom stereocenters. The molecule has 2 aromatic rings. The number of hydrogen-bond acceptors (Lipinski definition) is 5. The number of carbonyl (C=O) groups is 1. The molecule has 158 valence electrons. The summed E-state index contributed by atoms with van der Waals surface area (Å²) in [6.45, 7) is 5.12. The predicted octanol–water partition coefficient (Wildman–Crippen LogP) is 3.09. The minimum absolute atomic E-state index is 0.00730. The molecule has 30 heavy (non-hydrogen) atoms. The van der Waals surface area contributed by atoms with Crippen molar-refractivity contribution in [1.29, 1.82) is 0 Å². The number of H-pyrrole nitrogens is 1. The number of rotatable bonds is 7. The first kappa shape index (κ1) is 20.2. The van der Waals surface area contributed by atoms with Gasteiger partial charge in [-0.1, -0.05) is 6.58 Å². The van der Waals surface area contributed by atoms with Crippen molar-refractivity contribution in [3.05, 3.63) is 53.6 Å². The van der Waals surface area contributed by atoms with Crippen LogP contribution < -0.4 is 16.2 Å². The van der Waals surface area contributed by atoms with E-state index >= 15 is 0 Å². The van der Waals surface area contributed by atoms with Gasteiger partial charge in [-0.3, -0.25) is 9.59 Å². The molecular weight excluding hydrogens is 378 g/mol. The average molecular weight is 408 g/mol. The fourth-order valence-corrected chi connectivity index (χ4v) is 4.39.